The molecule has 0 spiro atoms. The molecule has 24 heavy (non-hydrogen) atoms. The van der Waals surface area contributed by atoms with Gasteiger partial charge in [-0.15, -0.1) is 0 Å². The maximum Gasteiger partial charge on any atom is 0.148 e. The van der Waals surface area contributed by atoms with Crippen LogP contribution in [0.4, 0.5) is 20.2 Å². The quantitative estimate of drug-likeness (QED) is 0.730. The van der Waals surface area contributed by atoms with E-state index in [1.165, 1.54) is 24.3 Å². The number of ether oxygens (including phenoxy) is 2. The molecular weight excluding hydrogens is 336 g/mol. The van der Waals surface area contributed by atoms with E-state index in [0.29, 0.717) is 13.2 Å². The molecule has 0 fully saturated rings. The summed E-state index contributed by atoms with van der Waals surface area (Å²) < 4.78 is 38.7. The molecule has 0 aromatic heterocycles. The molecule has 0 aliphatic carbocycles. The van der Waals surface area contributed by atoms with E-state index < -0.39 is 17.2 Å². The Morgan fingerprint density at radius 3 is 2.46 bits per heavy atom. The molecule has 0 radical (unpaired) electrons. The van der Waals surface area contributed by atoms with Gasteiger partial charge in [0.2, 0.25) is 0 Å². The molecule has 0 atom stereocenters. The molecule has 0 saturated carbocycles. The van der Waals surface area contributed by atoms with E-state index >= 15 is 0 Å². The van der Waals surface area contributed by atoms with Gasteiger partial charge in [0, 0.05) is 12.1 Å². The summed E-state index contributed by atoms with van der Waals surface area (Å²) in [5, 5.41) is 3.02. The van der Waals surface area contributed by atoms with Crippen molar-refractivity contribution in [1.82, 2.24) is 0 Å². The van der Waals surface area contributed by atoms with Crippen LogP contribution in [0.1, 0.15) is 19.4 Å². The van der Waals surface area contributed by atoms with Gasteiger partial charge in [0.15, 0.2) is 0 Å². The van der Waals surface area contributed by atoms with Crippen LogP contribution in [-0.2, 0) is 16.1 Å². The first-order valence-corrected chi connectivity index (χ1v) is 7.82. The van der Waals surface area contributed by atoms with Crippen molar-refractivity contribution < 1.29 is 18.3 Å². The summed E-state index contributed by atoms with van der Waals surface area (Å²) in [6, 6.07) is 8.69. The lowest BCUT2D eigenvalue weighted by Crippen LogP contribution is -2.29. The third-order valence-electron chi connectivity index (χ3n) is 3.50. The first-order chi connectivity index (χ1) is 11.3. The Morgan fingerprint density at radius 1 is 1.04 bits per heavy atom. The zero-order chi connectivity index (χ0) is 17.7. The van der Waals surface area contributed by atoms with Crippen molar-refractivity contribution in [1.29, 1.82) is 0 Å². The van der Waals surface area contributed by atoms with Crippen LogP contribution in [0.25, 0.3) is 0 Å². The number of halogens is 3. The lowest BCUT2D eigenvalue weighted by Gasteiger charge is -2.22. The molecule has 3 nitrogen and oxygen atoms in total. The van der Waals surface area contributed by atoms with Crippen LogP contribution in [0.5, 0.6) is 0 Å². The molecule has 1 N–H and O–H groups in total. The van der Waals surface area contributed by atoms with Crippen molar-refractivity contribution in [3.8, 4) is 0 Å². The Balaban J connectivity index is 2.08. The number of methoxy groups -OCH3 is 1. The fraction of sp³-hybridized carbons (Fsp3) is 0.333. The number of nitrogens with one attached hydrogen (secondary N) is 1. The number of hydrogen-bond acceptors (Lipinski definition) is 3. The van der Waals surface area contributed by atoms with Gasteiger partial charge in [-0.2, -0.15) is 0 Å². The molecule has 0 unspecified atom stereocenters. The molecule has 2 aromatic rings. The summed E-state index contributed by atoms with van der Waals surface area (Å²) in [6.07, 6.45) is 0. The summed E-state index contributed by atoms with van der Waals surface area (Å²) in [7, 11) is 1.62. The van der Waals surface area contributed by atoms with E-state index in [0.717, 1.165) is 5.56 Å². The zero-order valence-corrected chi connectivity index (χ0v) is 14.6. The monoisotopic (exact) mass is 355 g/mol. The molecule has 0 aliphatic heterocycles. The van der Waals surface area contributed by atoms with Gasteiger partial charge in [-0.3, -0.25) is 0 Å². The lowest BCUT2D eigenvalue weighted by molar-refractivity contribution is -0.0554. The molecule has 0 aliphatic rings. The summed E-state index contributed by atoms with van der Waals surface area (Å²) in [6.45, 7) is 4.52. The first kappa shape index (κ1) is 18.6. The highest BCUT2D eigenvalue weighted by atomic mass is 35.5. The minimum Gasteiger partial charge on any atom is -0.376 e. The predicted octanol–water partition coefficient (Wildman–Crippen LogP) is 5.30. The van der Waals surface area contributed by atoms with E-state index in [4.69, 9.17) is 21.1 Å². The Morgan fingerprint density at radius 2 is 1.79 bits per heavy atom. The lowest BCUT2D eigenvalue weighted by atomic mass is 10.1. The molecule has 2 rings (SSSR count). The van der Waals surface area contributed by atoms with Gasteiger partial charge in [-0.05, 0) is 49.7 Å². The maximum atomic E-state index is 14.0. The highest BCUT2D eigenvalue weighted by Crippen LogP contribution is 2.25. The minimum atomic E-state index is -0.551. The zero-order valence-electron chi connectivity index (χ0n) is 13.8. The molecular formula is C18H20ClF2NO2. The van der Waals surface area contributed by atoms with E-state index in [1.807, 2.05) is 13.8 Å². The average molecular weight is 356 g/mol. The summed E-state index contributed by atoms with van der Waals surface area (Å²) >= 11 is 5.71. The second kappa shape index (κ2) is 7.92. The van der Waals surface area contributed by atoms with E-state index in [2.05, 4.69) is 5.32 Å². The summed E-state index contributed by atoms with van der Waals surface area (Å²) in [4.78, 5) is 0. The third-order valence-corrected chi connectivity index (χ3v) is 3.74. The molecule has 0 bridgehead atoms. The summed E-state index contributed by atoms with van der Waals surface area (Å²) in [5.74, 6) is -1.03. The minimum absolute atomic E-state index is 0.150. The van der Waals surface area contributed by atoms with Crippen LogP contribution < -0.4 is 5.32 Å². The molecule has 2 aromatic carbocycles. The van der Waals surface area contributed by atoms with Crippen molar-refractivity contribution in [2.24, 2.45) is 0 Å². The Bertz CT molecular complexity index is 707. The Labute approximate surface area is 145 Å². The highest BCUT2D eigenvalue weighted by molar-refractivity contribution is 6.30. The number of rotatable bonds is 7. The summed E-state index contributed by atoms with van der Waals surface area (Å²) in [5.41, 5.74) is 0.688. The predicted molar refractivity (Wildman–Crippen MR) is 91.8 cm³/mol. The van der Waals surface area contributed by atoms with Gasteiger partial charge >= 0.3 is 0 Å². The Kier molecular flexibility index (Phi) is 6.15. The normalized spacial score (nSPS) is 11.6. The molecule has 130 valence electrons. The first-order valence-electron chi connectivity index (χ1n) is 7.44. The van der Waals surface area contributed by atoms with E-state index in [1.54, 1.807) is 19.2 Å². The third kappa shape index (κ3) is 5.16. The van der Waals surface area contributed by atoms with Crippen LogP contribution in [-0.4, -0.2) is 19.3 Å². The van der Waals surface area contributed by atoms with Crippen LogP contribution in [0, 0.1) is 11.6 Å². The van der Waals surface area contributed by atoms with Crippen molar-refractivity contribution in [2.45, 2.75) is 26.1 Å². The largest absolute Gasteiger partial charge is 0.376 e. The van der Waals surface area contributed by atoms with Crippen LogP contribution in [0.15, 0.2) is 36.4 Å². The number of anilines is 2. The van der Waals surface area contributed by atoms with Crippen LogP contribution >= 0.6 is 11.6 Å². The number of benzene rings is 2. The van der Waals surface area contributed by atoms with Gasteiger partial charge < -0.3 is 14.8 Å². The smallest absolute Gasteiger partial charge is 0.148 e. The van der Waals surface area contributed by atoms with Gasteiger partial charge in [-0.25, -0.2) is 8.78 Å². The second-order valence-corrected chi connectivity index (χ2v) is 6.46. The second-order valence-electron chi connectivity index (χ2n) is 6.02. The fourth-order valence-corrected chi connectivity index (χ4v) is 2.13. The molecule has 0 heterocycles. The topological polar surface area (TPSA) is 30.5 Å². The van der Waals surface area contributed by atoms with Crippen molar-refractivity contribution in [2.75, 3.05) is 19.0 Å². The van der Waals surface area contributed by atoms with Crippen molar-refractivity contribution in [3.63, 3.8) is 0 Å². The van der Waals surface area contributed by atoms with E-state index in [-0.39, 0.29) is 16.4 Å². The highest BCUT2D eigenvalue weighted by Gasteiger charge is 2.16. The van der Waals surface area contributed by atoms with Gasteiger partial charge in [0.25, 0.3) is 0 Å². The molecule has 0 saturated heterocycles. The molecule has 6 heteroatoms. The standard InChI is InChI=1S/C18H20ClF2NO2/c1-18(2,23-3)11-24-10-12-4-6-14(20)17(8-12)22-16-7-5-13(19)9-15(16)21/h4-9,22H,10-11H2,1-3H3. The molecule has 0 amide bonds. The van der Waals surface area contributed by atoms with Crippen molar-refractivity contribution in [3.05, 3.63) is 58.6 Å². The van der Waals surface area contributed by atoms with Gasteiger partial charge in [0.1, 0.15) is 11.6 Å². The average Bonchev–Trinajstić information content (AvgIpc) is 2.53. The van der Waals surface area contributed by atoms with Gasteiger partial charge in [0.05, 0.1) is 30.2 Å². The van der Waals surface area contributed by atoms with Crippen LogP contribution in [0.3, 0.4) is 0 Å². The number of hydrogen-bond donors (Lipinski definition) is 1. The SMILES string of the molecule is COC(C)(C)COCc1ccc(F)c(Nc2ccc(Cl)cc2F)c1. The Hall–Kier alpha value is -1.69. The fourth-order valence-electron chi connectivity index (χ4n) is 1.97. The van der Waals surface area contributed by atoms with Crippen LogP contribution in [0.2, 0.25) is 5.02 Å². The van der Waals surface area contributed by atoms with E-state index in [9.17, 15) is 8.78 Å². The van der Waals surface area contributed by atoms with Gasteiger partial charge in [-0.1, -0.05) is 17.7 Å². The maximum absolute atomic E-state index is 14.0. The van der Waals surface area contributed by atoms with Crippen molar-refractivity contribution >= 4 is 23.0 Å².